The highest BCUT2D eigenvalue weighted by molar-refractivity contribution is 5.62. The van der Waals surface area contributed by atoms with Crippen LogP contribution in [0.5, 0.6) is 0 Å². The Balaban J connectivity index is 0.000000103. The first-order chi connectivity index (χ1) is 69.7. The molecule has 3 atom stereocenters. The second kappa shape index (κ2) is 39.4. The van der Waals surface area contributed by atoms with Gasteiger partial charge in [0.15, 0.2) is 68.0 Å². The Labute approximate surface area is 833 Å². The first kappa shape index (κ1) is 87.0. The summed E-state index contributed by atoms with van der Waals surface area (Å²) in [5, 5.41) is 0. The van der Waals surface area contributed by atoms with Gasteiger partial charge < -0.3 is 0 Å². The maximum atomic E-state index is 9.55. The minimum atomic E-state index is -1.42. The lowest BCUT2D eigenvalue weighted by Gasteiger charge is -2.34. The first-order valence-electron chi connectivity index (χ1n) is 55.5. The molecule has 708 valence electrons. The zero-order valence-electron chi connectivity index (χ0n) is 88.2. The molecule has 9 aromatic carbocycles. The predicted molar refractivity (Wildman–Crippen MR) is 569 cm³/mol. The molecule has 12 aliphatic rings. The number of hydrogen-bond donors (Lipinski definition) is 0. The SMILES string of the molecule is Cc1ccccc1-n1c(C)c2[n+](c1C1CCCC1)C(c1ccccc1)(C1CCCC1)C=C2.Cc1ccccc1-n1c(C)c2[n+](c1C1CCCC1)C(c1ccccc1)(c1ccccc1)C=C2.[2H]C1(C2CCCC2)C=Cc2c(C)n(-c3ccccc3C)c(C3CCCC3)[n+]21.[2H]C1([2H])C=Cc2c(C)n(-c3ccccc3C)c(C3CCCC3)[n+]21.[2H]C1(c2ccccc2)C=Cc2c(C)n(-c3ccccc3C)c(C3CCCC3)[n+]21. The van der Waals surface area contributed by atoms with E-state index in [0.29, 0.717) is 41.4 Å². The monoisotopic (exact) mass is 1840 g/mol. The van der Waals surface area contributed by atoms with Gasteiger partial charge in [0.2, 0.25) is 0 Å². The fourth-order valence-corrected chi connectivity index (χ4v) is 27.5. The Hall–Kier alpha value is -12.3. The van der Waals surface area contributed by atoms with Crippen molar-refractivity contribution in [3.8, 4) is 28.4 Å². The molecule has 10 heteroatoms. The third-order valence-electron chi connectivity index (χ3n) is 34.3. The van der Waals surface area contributed by atoms with E-state index in [4.69, 9.17) is 2.74 Å². The standard InChI is InChI=1S/C31H31N2.C30H35N2.C25H27N2.C24H31N2.C19H23N2/c1-23-13-9-12-20-28(23)32-24(2)29-21-22-31(26-16-5-3-6-17-26,27-18-7-4-8-19-27)33(29)30(32)25-14-10-11-15-25;1-22-12-6-11-19-27(22)31-23(2)28-20-21-30(26-17-9-10-18-26,25-15-4-3-5-16-25)32(28)29(31)24-13-7-8-14-24;1-18-10-6-9-15-22(18)26-19(2)23-16-17-24(20-11-4-3-5-12-20)27(23)25(26)21-13-7-8-14-21;1-17-9-3-8-14-21(17)25-18(2)22-15-16-23(19-10-4-5-11-19)26(22)24(25)20-12-6-7-13-20;1-14-8-3-6-11-17(14)21-15(2)18-12-7-13-20(18)19(21)16-9-4-5-10-16/h3-9,12-13,16-22,25H,10-11,14-15H2,1-2H3;3-6,11-12,15-16,19-21,24,26H,7-10,13-14,17-18H2,1-2H3;3-6,9-12,15-17,21,24H,7-8,13-14H2,1-2H3;3,8-9,14-16,19-20,23H,4-7,10-13H2,1-2H3;3,6-8,11-12,16H,4-5,9-10,13H2,1-2H3/q5*+1/i;;24D;23D;13D2. The van der Waals surface area contributed by atoms with Crippen molar-refractivity contribution in [2.24, 2.45) is 11.8 Å². The number of nitrogens with zero attached hydrogens (tertiary/aromatic N) is 10. The highest BCUT2D eigenvalue weighted by Crippen LogP contribution is 2.51. The number of imidazole rings is 5. The molecule has 14 aromatic rings. The van der Waals surface area contributed by atoms with Gasteiger partial charge in [-0.25, -0.2) is 22.8 Å². The van der Waals surface area contributed by atoms with Crippen LogP contribution in [0.15, 0.2) is 273 Å². The van der Waals surface area contributed by atoms with Crippen molar-refractivity contribution in [2.45, 2.75) is 308 Å². The zero-order chi connectivity index (χ0) is 98.2. The summed E-state index contributed by atoms with van der Waals surface area (Å²) in [7, 11) is 0. The van der Waals surface area contributed by atoms with Gasteiger partial charge in [0, 0.05) is 68.7 Å². The van der Waals surface area contributed by atoms with E-state index in [2.05, 4.69) is 383 Å². The van der Waals surface area contributed by atoms with Crippen molar-refractivity contribution < 1.29 is 28.3 Å². The average molecular weight is 1840 g/mol. The number of benzene rings is 9. The van der Waals surface area contributed by atoms with Gasteiger partial charge in [0.05, 0.1) is 35.1 Å². The van der Waals surface area contributed by atoms with Gasteiger partial charge in [-0.1, -0.05) is 302 Å². The number of hydrogen-bond acceptors (Lipinski definition) is 0. The van der Waals surface area contributed by atoms with Crippen LogP contribution in [0.1, 0.15) is 363 Å². The van der Waals surface area contributed by atoms with Crippen molar-refractivity contribution in [3.63, 3.8) is 0 Å². The van der Waals surface area contributed by atoms with Crippen LogP contribution >= 0.6 is 0 Å². The molecular weight excluding hydrogens is 1690 g/mol. The van der Waals surface area contributed by atoms with Crippen LogP contribution in [-0.4, -0.2) is 22.8 Å². The molecular formula is C129H147N10+5. The highest BCUT2D eigenvalue weighted by Gasteiger charge is 2.56. The Bertz CT molecular complexity index is 7170. The van der Waals surface area contributed by atoms with E-state index >= 15 is 0 Å². The Kier molecular flexibility index (Phi) is 24.7. The van der Waals surface area contributed by atoms with E-state index in [0.717, 1.165) is 35.6 Å². The van der Waals surface area contributed by atoms with Crippen molar-refractivity contribution in [2.75, 3.05) is 0 Å². The van der Waals surface area contributed by atoms with E-state index in [1.54, 1.807) is 11.9 Å². The van der Waals surface area contributed by atoms with E-state index in [9.17, 15) is 2.74 Å². The maximum absolute atomic E-state index is 9.55. The molecule has 0 N–H and O–H groups in total. The quantitative estimate of drug-likeness (QED) is 0.0866. The molecule has 0 bridgehead atoms. The van der Waals surface area contributed by atoms with Crippen LogP contribution < -0.4 is 22.8 Å². The van der Waals surface area contributed by atoms with Crippen LogP contribution in [0.25, 0.3) is 58.8 Å². The lowest BCUT2D eigenvalue weighted by molar-refractivity contribution is -0.754. The minimum absolute atomic E-state index is 0.0519. The van der Waals surface area contributed by atoms with Crippen LogP contribution in [0.2, 0.25) is 0 Å². The summed E-state index contributed by atoms with van der Waals surface area (Å²) in [5.41, 5.74) is 30.2. The lowest BCUT2D eigenvalue weighted by Crippen LogP contribution is -2.61. The van der Waals surface area contributed by atoms with Crippen LogP contribution in [0, 0.1) is 81.1 Å². The van der Waals surface area contributed by atoms with Crippen molar-refractivity contribution in [1.29, 1.82) is 0 Å². The molecule has 3 unspecified atom stereocenters. The van der Waals surface area contributed by atoms with Crippen molar-refractivity contribution in [3.05, 3.63) is 409 Å². The summed E-state index contributed by atoms with van der Waals surface area (Å²) in [6, 6.07) is 85.8. The minimum Gasteiger partial charge on any atom is -0.223 e. The third kappa shape index (κ3) is 16.3. The second-order valence-corrected chi connectivity index (χ2v) is 42.5. The summed E-state index contributed by atoms with van der Waals surface area (Å²) in [6.07, 6.45) is 57.8. The normalized spacial score (nSPS) is 21.9. The Morgan fingerprint density at radius 1 is 0.281 bits per heavy atom. The molecule has 0 radical (unpaired) electrons. The second-order valence-electron chi connectivity index (χ2n) is 42.5. The summed E-state index contributed by atoms with van der Waals surface area (Å²) >= 11 is 0. The van der Waals surface area contributed by atoms with E-state index in [1.807, 2.05) is 28.8 Å². The molecule has 0 saturated heterocycles. The number of rotatable bonds is 16. The number of allylic oxidation sites excluding steroid dienone is 5. The van der Waals surface area contributed by atoms with Crippen LogP contribution in [-0.2, 0) is 17.6 Å². The molecule has 0 spiro atoms. The van der Waals surface area contributed by atoms with Crippen molar-refractivity contribution >= 4 is 30.4 Å². The molecule has 10 heterocycles. The number of fused-ring (bicyclic) bond motifs is 5. The lowest BCUT2D eigenvalue weighted by atomic mass is 9.77. The van der Waals surface area contributed by atoms with E-state index < -0.39 is 18.5 Å². The fourth-order valence-electron chi connectivity index (χ4n) is 27.5. The molecule has 7 aliphatic carbocycles. The first-order valence-corrected chi connectivity index (χ1v) is 53.5. The number of para-hydroxylation sites is 5. The number of aryl methyl sites for hydroxylation is 5. The summed E-state index contributed by atoms with van der Waals surface area (Å²) in [5.74, 6) is 10.6. The molecule has 5 aliphatic heterocycles. The smallest absolute Gasteiger partial charge is 0.223 e. The van der Waals surface area contributed by atoms with Gasteiger partial charge in [-0.3, -0.25) is 0 Å². The van der Waals surface area contributed by atoms with E-state index in [-0.39, 0.29) is 11.1 Å². The molecule has 7 saturated carbocycles. The van der Waals surface area contributed by atoms with Crippen LogP contribution in [0.4, 0.5) is 0 Å². The molecule has 10 nitrogen and oxygen atoms in total. The summed E-state index contributed by atoms with van der Waals surface area (Å²) in [6.45, 7) is 20.8. The zero-order valence-corrected chi connectivity index (χ0v) is 84.2. The van der Waals surface area contributed by atoms with Gasteiger partial charge >= 0.3 is 0 Å². The highest BCUT2D eigenvalue weighted by atomic mass is 15.3. The predicted octanol–water partition coefficient (Wildman–Crippen LogP) is 29.4. The molecule has 26 rings (SSSR count). The van der Waals surface area contributed by atoms with Gasteiger partial charge in [-0.2, -0.15) is 22.8 Å². The average Bonchev–Trinajstić information content (AvgIpc) is 1.53. The molecule has 0 amide bonds. The summed E-state index contributed by atoms with van der Waals surface area (Å²) in [4.78, 5) is 0. The fraction of sp³-hybridized carbons (Fsp3) is 0.388. The Morgan fingerprint density at radius 3 is 1.04 bits per heavy atom. The van der Waals surface area contributed by atoms with Crippen molar-refractivity contribution in [1.82, 2.24) is 22.8 Å². The van der Waals surface area contributed by atoms with Crippen LogP contribution in [0.3, 0.4) is 0 Å². The van der Waals surface area contributed by atoms with E-state index in [1.165, 1.54) is 303 Å². The third-order valence-corrected chi connectivity index (χ3v) is 34.3. The largest absolute Gasteiger partial charge is 0.266 e. The molecule has 5 aromatic heterocycles. The van der Waals surface area contributed by atoms with Gasteiger partial charge in [0.25, 0.3) is 29.1 Å². The van der Waals surface area contributed by atoms with Gasteiger partial charge in [0.1, 0.15) is 47.0 Å². The molecule has 7 fully saturated rings. The molecule has 139 heavy (non-hydrogen) atoms. The Morgan fingerprint density at radius 2 is 0.597 bits per heavy atom. The van der Waals surface area contributed by atoms with Gasteiger partial charge in [-0.15, -0.1) is 0 Å². The number of aromatic nitrogens is 10. The summed E-state index contributed by atoms with van der Waals surface area (Å²) < 4.78 is 60.5. The van der Waals surface area contributed by atoms with Gasteiger partial charge in [-0.05, 0) is 243 Å². The topological polar surface area (TPSA) is 44.0 Å². The maximum Gasteiger partial charge on any atom is 0.266 e.